The van der Waals surface area contributed by atoms with Gasteiger partial charge in [0.15, 0.2) is 12.1 Å². The van der Waals surface area contributed by atoms with E-state index in [1.54, 1.807) is 0 Å². The average molecular weight is 488 g/mol. The molecule has 0 saturated carbocycles. The number of hydrogen-bond donors (Lipinski definition) is 10. The first kappa shape index (κ1) is 27.0. The molecule has 3 saturated heterocycles. The number of aliphatic hydroxyl groups is 10. The highest BCUT2D eigenvalue weighted by Crippen LogP contribution is 2.39. The molecule has 0 bridgehead atoms. The molecule has 3 aliphatic heterocycles. The van der Waals surface area contributed by atoms with Crippen LogP contribution < -0.4 is 0 Å². The third-order valence-electron chi connectivity index (χ3n) is 6.22. The Bertz CT molecular complexity index is 652. The Morgan fingerprint density at radius 2 is 1.21 bits per heavy atom. The van der Waals surface area contributed by atoms with Gasteiger partial charge in [-0.25, -0.2) is 0 Å². The summed E-state index contributed by atoms with van der Waals surface area (Å²) in [6.07, 6.45) is -18.0. The molecule has 0 spiro atoms. The first-order chi connectivity index (χ1) is 15.4. The lowest BCUT2D eigenvalue weighted by atomic mass is 9.99. The molecule has 3 fully saturated rings. The first-order valence-corrected chi connectivity index (χ1v) is 10.4. The zero-order valence-electron chi connectivity index (χ0n) is 17.7. The predicted molar refractivity (Wildman–Crippen MR) is 99.9 cm³/mol. The Morgan fingerprint density at radius 1 is 0.667 bits per heavy atom. The van der Waals surface area contributed by atoms with Crippen molar-refractivity contribution < 1.29 is 74.7 Å². The van der Waals surface area contributed by atoms with Crippen LogP contribution in [0.3, 0.4) is 0 Å². The fraction of sp³-hybridized carbons (Fsp3) is 1.00. The molecule has 0 aromatic rings. The minimum Gasteiger partial charge on any atom is -0.394 e. The molecule has 10 N–H and O–H groups in total. The van der Waals surface area contributed by atoms with Gasteiger partial charge in [-0.2, -0.15) is 0 Å². The van der Waals surface area contributed by atoms with Crippen LogP contribution in [0.4, 0.5) is 0 Å². The van der Waals surface area contributed by atoms with E-state index in [1.165, 1.54) is 6.92 Å². The quantitative estimate of drug-likeness (QED) is 0.152. The van der Waals surface area contributed by atoms with Gasteiger partial charge in [0, 0.05) is 0 Å². The molecule has 3 rings (SSSR count). The lowest BCUT2D eigenvalue weighted by molar-refractivity contribution is -0.397. The van der Waals surface area contributed by atoms with E-state index in [1.807, 2.05) is 0 Å². The molecule has 0 aromatic carbocycles. The highest BCUT2D eigenvalue weighted by atomic mass is 16.8. The van der Waals surface area contributed by atoms with Crippen molar-refractivity contribution in [1.82, 2.24) is 0 Å². The van der Waals surface area contributed by atoms with E-state index in [0.29, 0.717) is 0 Å². The van der Waals surface area contributed by atoms with Gasteiger partial charge < -0.3 is 74.7 Å². The number of aliphatic hydroxyl groups excluding tert-OH is 10. The van der Waals surface area contributed by atoms with Crippen LogP contribution in [0.1, 0.15) is 6.92 Å². The van der Waals surface area contributed by atoms with E-state index in [0.717, 1.165) is 0 Å². The van der Waals surface area contributed by atoms with Crippen LogP contribution in [0, 0.1) is 0 Å². The van der Waals surface area contributed by atoms with E-state index < -0.39 is 105 Å². The van der Waals surface area contributed by atoms with Crippen LogP contribution in [0.25, 0.3) is 0 Å². The maximum atomic E-state index is 10.7. The lowest BCUT2D eigenvalue weighted by Gasteiger charge is -2.44. The molecule has 0 amide bonds. The average Bonchev–Trinajstić information content (AvgIpc) is 3.18. The van der Waals surface area contributed by atoms with Gasteiger partial charge >= 0.3 is 0 Å². The molecule has 0 aliphatic carbocycles. The highest BCUT2D eigenvalue weighted by molar-refractivity contribution is 5.00. The lowest BCUT2D eigenvalue weighted by Crippen LogP contribution is -2.63. The van der Waals surface area contributed by atoms with E-state index in [9.17, 15) is 51.1 Å². The smallest absolute Gasteiger partial charge is 0.224 e. The number of rotatable bonds is 8. The van der Waals surface area contributed by atoms with Crippen molar-refractivity contribution in [2.75, 3.05) is 26.4 Å². The normalized spacial score (nSPS) is 53.0. The van der Waals surface area contributed by atoms with Gasteiger partial charge in [0.25, 0.3) is 0 Å². The van der Waals surface area contributed by atoms with Crippen molar-refractivity contribution in [1.29, 1.82) is 0 Å². The Kier molecular flexibility index (Phi) is 8.32. The van der Waals surface area contributed by atoms with E-state index in [2.05, 4.69) is 0 Å². The molecule has 33 heavy (non-hydrogen) atoms. The third kappa shape index (κ3) is 4.77. The molecule has 3 heterocycles. The van der Waals surface area contributed by atoms with Crippen molar-refractivity contribution in [2.24, 2.45) is 0 Å². The minimum atomic E-state index is -2.38. The van der Waals surface area contributed by atoms with Crippen LogP contribution >= 0.6 is 0 Å². The zero-order valence-corrected chi connectivity index (χ0v) is 17.7. The maximum Gasteiger partial charge on any atom is 0.224 e. The summed E-state index contributed by atoms with van der Waals surface area (Å²) < 4.78 is 27.2. The van der Waals surface area contributed by atoms with Crippen molar-refractivity contribution in [3.8, 4) is 0 Å². The molecule has 15 nitrogen and oxygen atoms in total. The molecule has 3 aliphatic rings. The highest BCUT2D eigenvalue weighted by Gasteiger charge is 2.61. The first-order valence-electron chi connectivity index (χ1n) is 10.4. The Morgan fingerprint density at radius 3 is 1.73 bits per heavy atom. The van der Waals surface area contributed by atoms with Crippen LogP contribution in [0.5, 0.6) is 0 Å². The summed E-state index contributed by atoms with van der Waals surface area (Å²) in [7, 11) is 0. The fourth-order valence-corrected chi connectivity index (χ4v) is 4.08. The second-order valence-corrected chi connectivity index (χ2v) is 8.48. The zero-order chi connectivity index (χ0) is 24.7. The van der Waals surface area contributed by atoms with Gasteiger partial charge in [0.05, 0.1) is 19.8 Å². The predicted octanol–water partition coefficient (Wildman–Crippen LogP) is -6.54. The van der Waals surface area contributed by atoms with Crippen molar-refractivity contribution in [2.45, 2.75) is 85.8 Å². The monoisotopic (exact) mass is 488 g/mol. The Hall–Kier alpha value is -0.600. The summed E-state index contributed by atoms with van der Waals surface area (Å²) in [4.78, 5) is 0. The maximum absolute atomic E-state index is 10.7. The molecule has 194 valence electrons. The van der Waals surface area contributed by atoms with Crippen molar-refractivity contribution in [3.63, 3.8) is 0 Å². The van der Waals surface area contributed by atoms with Crippen molar-refractivity contribution in [3.05, 3.63) is 0 Å². The van der Waals surface area contributed by atoms with Crippen LogP contribution in [-0.2, 0) is 23.7 Å². The second kappa shape index (κ2) is 10.2. The van der Waals surface area contributed by atoms with E-state index >= 15 is 0 Å². The topological polar surface area (TPSA) is 248 Å². The van der Waals surface area contributed by atoms with Crippen LogP contribution in [0.2, 0.25) is 0 Å². The Labute approximate surface area is 187 Å². The summed E-state index contributed by atoms with van der Waals surface area (Å²) in [6.45, 7) is -1.79. The van der Waals surface area contributed by atoms with Crippen LogP contribution in [-0.4, -0.2) is 156 Å². The minimum absolute atomic E-state index is 0.645. The molecule has 4 unspecified atom stereocenters. The SMILES string of the molecule is C[C@@]1(OC[C@@]2(O[C@H]3OC(CO)[C@@H](O)[C@@H](O)C3O)O[C@H](CO)C(O)[C@H]2O)O[C@H](CO)C(O)[C@H]1O. The largest absolute Gasteiger partial charge is 0.394 e. The second-order valence-electron chi connectivity index (χ2n) is 8.48. The third-order valence-corrected chi connectivity index (χ3v) is 6.22. The van der Waals surface area contributed by atoms with Gasteiger partial charge in [0.2, 0.25) is 5.79 Å². The van der Waals surface area contributed by atoms with Gasteiger partial charge in [-0.3, -0.25) is 0 Å². The van der Waals surface area contributed by atoms with E-state index in [4.69, 9.17) is 23.7 Å². The summed E-state index contributed by atoms with van der Waals surface area (Å²) >= 11 is 0. The molecular weight excluding hydrogens is 456 g/mol. The molecular formula is C18H32O15. The van der Waals surface area contributed by atoms with Gasteiger partial charge in [-0.05, 0) is 6.92 Å². The summed E-state index contributed by atoms with van der Waals surface area (Å²) in [5, 5.41) is 99.6. The van der Waals surface area contributed by atoms with Gasteiger partial charge in [0.1, 0.15) is 67.6 Å². The van der Waals surface area contributed by atoms with Crippen LogP contribution in [0.15, 0.2) is 0 Å². The summed E-state index contributed by atoms with van der Waals surface area (Å²) in [5.41, 5.74) is 0. The fourth-order valence-electron chi connectivity index (χ4n) is 4.08. The standard InChI is InChI=1S/C18H32O15/c1-17(14(27)10(23)7(3-20)31-17)29-5-18(15(28)11(24)8(4-21)32-18)33-16-13(26)12(25)9(22)6(2-19)30-16/h6-16,19-28H,2-5H2,1H3/t6?,7-,8-,9-,10?,11?,12-,13?,14-,15-,16-,17-,18+/m1/s1. The molecule has 0 radical (unpaired) electrons. The van der Waals surface area contributed by atoms with Crippen molar-refractivity contribution >= 4 is 0 Å². The summed E-state index contributed by atoms with van der Waals surface area (Å²) in [6, 6.07) is 0. The number of hydrogen-bond acceptors (Lipinski definition) is 15. The molecule has 0 aromatic heterocycles. The number of ether oxygens (including phenoxy) is 5. The summed E-state index contributed by atoms with van der Waals surface area (Å²) in [5.74, 6) is -4.32. The van der Waals surface area contributed by atoms with Gasteiger partial charge in [-0.15, -0.1) is 0 Å². The Balaban J connectivity index is 1.84. The molecule has 13 atom stereocenters. The van der Waals surface area contributed by atoms with E-state index in [-0.39, 0.29) is 0 Å². The molecule has 15 heteroatoms. The van der Waals surface area contributed by atoms with Gasteiger partial charge in [-0.1, -0.05) is 0 Å².